The van der Waals surface area contributed by atoms with Crippen molar-refractivity contribution in [2.24, 2.45) is 5.92 Å². The molecule has 2 aromatic rings. The van der Waals surface area contributed by atoms with Crippen LogP contribution < -0.4 is 10.1 Å². The van der Waals surface area contributed by atoms with E-state index in [-0.39, 0.29) is 25.2 Å². The molecule has 1 aliphatic rings. The van der Waals surface area contributed by atoms with Crippen molar-refractivity contribution in [1.82, 2.24) is 10.2 Å². The van der Waals surface area contributed by atoms with Crippen LogP contribution in [0.3, 0.4) is 0 Å². The van der Waals surface area contributed by atoms with Gasteiger partial charge in [0, 0.05) is 25.2 Å². The van der Waals surface area contributed by atoms with E-state index in [0.717, 1.165) is 29.8 Å². The topological polar surface area (TPSA) is 84.9 Å². The fraction of sp³-hybridized carbons (Fsp3) is 0.375. The molecule has 0 saturated carbocycles. The van der Waals surface area contributed by atoms with E-state index in [9.17, 15) is 27.6 Å². The summed E-state index contributed by atoms with van der Waals surface area (Å²) in [5, 5.41) is 2.67. The van der Waals surface area contributed by atoms with Gasteiger partial charge in [0.25, 0.3) is 11.8 Å². The Morgan fingerprint density at radius 3 is 2.35 bits per heavy atom. The van der Waals surface area contributed by atoms with Gasteiger partial charge in [0.1, 0.15) is 5.75 Å². The summed E-state index contributed by atoms with van der Waals surface area (Å²) in [6, 6.07) is 11.2. The quantitative estimate of drug-likeness (QED) is 0.617. The Morgan fingerprint density at radius 2 is 1.74 bits per heavy atom. The summed E-state index contributed by atoms with van der Waals surface area (Å²) in [6.45, 7) is 0.384. The minimum Gasteiger partial charge on any atom is -0.497 e. The summed E-state index contributed by atoms with van der Waals surface area (Å²) in [6.07, 6.45) is -3.78. The first-order chi connectivity index (χ1) is 16.2. The van der Waals surface area contributed by atoms with E-state index in [2.05, 4.69) is 5.32 Å². The number of methoxy groups -OCH3 is 1. The number of piperidine rings is 1. The lowest BCUT2D eigenvalue weighted by Gasteiger charge is -2.31. The average Bonchev–Trinajstić information content (AvgIpc) is 2.85. The van der Waals surface area contributed by atoms with E-state index in [1.54, 1.807) is 25.3 Å². The Hall–Kier alpha value is -3.56. The molecular formula is C24H25F3N2O5. The fourth-order valence-corrected chi connectivity index (χ4v) is 3.59. The number of nitrogens with one attached hydrogen (secondary N) is 1. The Bertz CT molecular complexity index is 1020. The van der Waals surface area contributed by atoms with Crippen LogP contribution in [0.15, 0.2) is 48.5 Å². The van der Waals surface area contributed by atoms with Crippen LogP contribution in [0.25, 0.3) is 0 Å². The second kappa shape index (κ2) is 11.0. The molecule has 0 unspecified atom stereocenters. The third kappa shape index (κ3) is 6.72. The molecule has 2 amide bonds. The Morgan fingerprint density at radius 1 is 1.06 bits per heavy atom. The number of esters is 1. The van der Waals surface area contributed by atoms with Gasteiger partial charge in [-0.25, -0.2) is 0 Å². The zero-order valence-corrected chi connectivity index (χ0v) is 18.6. The molecule has 0 aromatic heterocycles. The van der Waals surface area contributed by atoms with E-state index in [1.165, 1.54) is 4.90 Å². The monoisotopic (exact) mass is 478 g/mol. The highest BCUT2D eigenvalue weighted by molar-refractivity contribution is 5.94. The van der Waals surface area contributed by atoms with Crippen LogP contribution in [-0.4, -0.2) is 49.5 Å². The van der Waals surface area contributed by atoms with Gasteiger partial charge in [0.2, 0.25) is 0 Å². The molecule has 7 nitrogen and oxygen atoms in total. The molecule has 3 rings (SSSR count). The number of alkyl halides is 3. The summed E-state index contributed by atoms with van der Waals surface area (Å²) in [7, 11) is 1.55. The zero-order chi connectivity index (χ0) is 24.7. The molecule has 10 heteroatoms. The molecule has 1 heterocycles. The van der Waals surface area contributed by atoms with Crippen LogP contribution in [0.2, 0.25) is 0 Å². The van der Waals surface area contributed by atoms with Crippen molar-refractivity contribution >= 4 is 17.8 Å². The SMILES string of the molecule is COc1cccc(CNC(=O)COC(=O)C2CCN(C(=O)c3ccc(C(F)(F)F)cc3)CC2)c1. The summed E-state index contributed by atoms with van der Waals surface area (Å²) >= 11 is 0. The number of hydrogen-bond donors (Lipinski definition) is 1. The maximum Gasteiger partial charge on any atom is 0.416 e. The lowest BCUT2D eigenvalue weighted by Crippen LogP contribution is -2.41. The Kier molecular flexibility index (Phi) is 8.14. The van der Waals surface area contributed by atoms with Crippen LogP contribution in [0.4, 0.5) is 13.2 Å². The molecule has 1 fully saturated rings. The van der Waals surface area contributed by atoms with Crippen molar-refractivity contribution in [1.29, 1.82) is 0 Å². The van der Waals surface area contributed by atoms with Gasteiger partial charge in [-0.1, -0.05) is 12.1 Å². The summed E-state index contributed by atoms with van der Waals surface area (Å²) < 4.78 is 48.3. The van der Waals surface area contributed by atoms with Crippen LogP contribution >= 0.6 is 0 Å². The van der Waals surface area contributed by atoms with Gasteiger partial charge < -0.3 is 19.7 Å². The minimum atomic E-state index is -4.47. The van der Waals surface area contributed by atoms with Crippen molar-refractivity contribution in [3.8, 4) is 5.75 Å². The van der Waals surface area contributed by atoms with Crippen molar-refractivity contribution in [3.05, 3.63) is 65.2 Å². The van der Waals surface area contributed by atoms with Crippen LogP contribution in [-0.2, 0) is 27.0 Å². The molecule has 0 radical (unpaired) electrons. The third-order valence-corrected chi connectivity index (χ3v) is 5.54. The van der Waals surface area contributed by atoms with Crippen LogP contribution in [0.5, 0.6) is 5.75 Å². The van der Waals surface area contributed by atoms with E-state index >= 15 is 0 Å². The van der Waals surface area contributed by atoms with E-state index in [4.69, 9.17) is 9.47 Å². The average molecular weight is 478 g/mol. The highest BCUT2D eigenvalue weighted by Crippen LogP contribution is 2.29. The van der Waals surface area contributed by atoms with Crippen LogP contribution in [0, 0.1) is 5.92 Å². The number of carbonyl (C=O) groups excluding carboxylic acids is 3. The number of hydrogen-bond acceptors (Lipinski definition) is 5. The minimum absolute atomic E-state index is 0.154. The molecule has 1 aliphatic heterocycles. The maximum absolute atomic E-state index is 12.7. The Balaban J connectivity index is 1.40. The number of nitrogens with zero attached hydrogens (tertiary/aromatic N) is 1. The van der Waals surface area contributed by atoms with Crippen LogP contribution in [0.1, 0.15) is 34.3 Å². The largest absolute Gasteiger partial charge is 0.497 e. The Labute approximate surface area is 194 Å². The van der Waals surface area contributed by atoms with Crippen molar-refractivity contribution in [2.45, 2.75) is 25.6 Å². The molecule has 1 saturated heterocycles. The summed E-state index contributed by atoms with van der Waals surface area (Å²) in [5.41, 5.74) is 0.170. The van der Waals surface area contributed by atoms with Gasteiger partial charge in [-0.15, -0.1) is 0 Å². The number of ether oxygens (including phenoxy) is 2. The van der Waals surface area contributed by atoms with Gasteiger partial charge in [0.05, 0.1) is 18.6 Å². The second-order valence-electron chi connectivity index (χ2n) is 7.88. The lowest BCUT2D eigenvalue weighted by atomic mass is 9.96. The van der Waals surface area contributed by atoms with E-state index in [1.807, 2.05) is 6.07 Å². The van der Waals surface area contributed by atoms with E-state index < -0.39 is 42.0 Å². The number of amides is 2. The molecule has 34 heavy (non-hydrogen) atoms. The number of halogens is 3. The number of likely N-dealkylation sites (tertiary alicyclic amines) is 1. The zero-order valence-electron chi connectivity index (χ0n) is 18.6. The molecule has 182 valence electrons. The molecule has 2 aromatic carbocycles. The molecule has 0 spiro atoms. The number of benzene rings is 2. The normalized spacial score (nSPS) is 14.4. The van der Waals surface area contributed by atoms with Gasteiger partial charge >= 0.3 is 12.1 Å². The molecule has 0 bridgehead atoms. The number of carbonyl (C=O) groups is 3. The smallest absolute Gasteiger partial charge is 0.416 e. The van der Waals surface area contributed by atoms with Gasteiger partial charge in [0.15, 0.2) is 6.61 Å². The van der Waals surface area contributed by atoms with E-state index in [0.29, 0.717) is 18.6 Å². The van der Waals surface area contributed by atoms with Gasteiger partial charge in [-0.05, 0) is 54.8 Å². The molecular weight excluding hydrogens is 453 g/mol. The highest BCUT2D eigenvalue weighted by atomic mass is 19.4. The van der Waals surface area contributed by atoms with Crippen molar-refractivity contribution in [2.75, 3.05) is 26.8 Å². The maximum atomic E-state index is 12.7. The first-order valence-electron chi connectivity index (χ1n) is 10.7. The number of rotatable bonds is 7. The first kappa shape index (κ1) is 25.1. The molecule has 0 atom stereocenters. The predicted octanol–water partition coefficient (Wildman–Crippen LogP) is 3.43. The molecule has 1 N–H and O–H groups in total. The standard InChI is InChI=1S/C24H25F3N2O5/c1-33-20-4-2-3-16(13-20)14-28-21(30)15-34-23(32)18-9-11-29(12-10-18)22(31)17-5-7-19(8-6-17)24(25,26)27/h2-8,13,18H,9-12,14-15H2,1H3,(H,28,30). The third-order valence-electron chi connectivity index (χ3n) is 5.54. The fourth-order valence-electron chi connectivity index (χ4n) is 3.59. The van der Waals surface area contributed by atoms with Crippen molar-refractivity contribution in [3.63, 3.8) is 0 Å². The van der Waals surface area contributed by atoms with Crippen molar-refractivity contribution < 1.29 is 37.0 Å². The summed E-state index contributed by atoms with van der Waals surface area (Å²) in [5.74, 6) is -1.13. The first-order valence-corrected chi connectivity index (χ1v) is 10.7. The lowest BCUT2D eigenvalue weighted by molar-refractivity contribution is -0.153. The highest BCUT2D eigenvalue weighted by Gasteiger charge is 2.32. The van der Waals surface area contributed by atoms with Gasteiger partial charge in [-0.3, -0.25) is 14.4 Å². The summed E-state index contributed by atoms with van der Waals surface area (Å²) in [4.78, 5) is 38.4. The molecule has 0 aliphatic carbocycles. The predicted molar refractivity (Wildman–Crippen MR) is 116 cm³/mol. The second-order valence-corrected chi connectivity index (χ2v) is 7.88. The van der Waals surface area contributed by atoms with Gasteiger partial charge in [-0.2, -0.15) is 13.2 Å².